The Kier molecular flexibility index (Phi) is 7.82. The van der Waals surface area contributed by atoms with Gasteiger partial charge < -0.3 is 20.9 Å². The average Bonchev–Trinajstić information content (AvgIpc) is 2.99. The molecule has 3 heterocycles. The van der Waals surface area contributed by atoms with Crippen molar-refractivity contribution in [3.05, 3.63) is 101 Å². The monoisotopic (exact) mass is 566 g/mol. The van der Waals surface area contributed by atoms with Crippen LogP contribution in [0.5, 0.6) is 0 Å². The number of anilines is 5. The molecule has 208 valence electrons. The van der Waals surface area contributed by atoms with Crippen molar-refractivity contribution in [3.8, 4) is 0 Å². The normalized spacial score (nSPS) is 16.2. The molecule has 1 saturated heterocycles. The molecule has 6 rings (SSSR count). The van der Waals surface area contributed by atoms with Crippen LogP contribution in [-0.2, 0) is 17.6 Å². The quantitative estimate of drug-likeness (QED) is 0.257. The number of fused-ring (bicyclic) bond motifs is 6. The zero-order chi connectivity index (χ0) is 28.2. The van der Waals surface area contributed by atoms with Gasteiger partial charge in [0.1, 0.15) is 5.02 Å². The van der Waals surface area contributed by atoms with Crippen LogP contribution in [0.4, 0.5) is 28.8 Å². The van der Waals surface area contributed by atoms with Gasteiger partial charge >= 0.3 is 0 Å². The SMILES string of the molecule is O=C(C[C@H]1CCCN(C(=O)c2ccccc2)C1)Nc1ccc2cc1CCc1cccc(c1)Nc1ncc(Cl)c(n1)N2. The third kappa shape index (κ3) is 6.49. The second-order valence-corrected chi connectivity index (χ2v) is 11.0. The highest BCUT2D eigenvalue weighted by Gasteiger charge is 2.26. The number of halogens is 1. The molecule has 3 aromatic carbocycles. The van der Waals surface area contributed by atoms with Gasteiger partial charge in [-0.1, -0.05) is 41.9 Å². The number of piperidine rings is 1. The fourth-order valence-electron chi connectivity index (χ4n) is 5.51. The number of hydrogen-bond acceptors (Lipinski definition) is 6. The molecule has 1 atom stereocenters. The van der Waals surface area contributed by atoms with E-state index in [0.717, 1.165) is 60.4 Å². The van der Waals surface area contributed by atoms with Crippen molar-refractivity contribution in [2.75, 3.05) is 29.0 Å². The maximum atomic E-state index is 13.3. The van der Waals surface area contributed by atoms with Crippen molar-refractivity contribution in [1.82, 2.24) is 14.9 Å². The molecule has 6 bridgehead atoms. The van der Waals surface area contributed by atoms with E-state index in [1.165, 1.54) is 0 Å². The fourth-order valence-corrected chi connectivity index (χ4v) is 5.65. The van der Waals surface area contributed by atoms with Crippen molar-refractivity contribution in [2.24, 2.45) is 5.92 Å². The molecule has 2 aliphatic rings. The number of nitrogens with zero attached hydrogens (tertiary/aromatic N) is 3. The minimum atomic E-state index is -0.0430. The van der Waals surface area contributed by atoms with E-state index < -0.39 is 0 Å². The molecule has 41 heavy (non-hydrogen) atoms. The van der Waals surface area contributed by atoms with Gasteiger partial charge in [-0.3, -0.25) is 9.59 Å². The van der Waals surface area contributed by atoms with Gasteiger partial charge in [-0.15, -0.1) is 0 Å². The zero-order valence-electron chi connectivity index (χ0n) is 22.6. The number of aromatic nitrogens is 2. The second-order valence-electron chi connectivity index (χ2n) is 10.6. The Morgan fingerprint density at radius 1 is 0.976 bits per heavy atom. The van der Waals surface area contributed by atoms with Crippen LogP contribution in [0.2, 0.25) is 5.02 Å². The Morgan fingerprint density at radius 2 is 1.83 bits per heavy atom. The highest BCUT2D eigenvalue weighted by Crippen LogP contribution is 2.30. The molecule has 2 aliphatic heterocycles. The summed E-state index contributed by atoms with van der Waals surface area (Å²) in [6.45, 7) is 1.31. The smallest absolute Gasteiger partial charge is 0.253 e. The third-order valence-electron chi connectivity index (χ3n) is 7.55. The van der Waals surface area contributed by atoms with Crippen LogP contribution in [0, 0.1) is 5.92 Å². The molecule has 2 amide bonds. The summed E-state index contributed by atoms with van der Waals surface area (Å²) in [6, 6.07) is 23.3. The summed E-state index contributed by atoms with van der Waals surface area (Å²) in [4.78, 5) is 37.0. The van der Waals surface area contributed by atoms with E-state index in [2.05, 4.69) is 38.1 Å². The Balaban J connectivity index is 1.18. The van der Waals surface area contributed by atoms with Crippen LogP contribution in [0.3, 0.4) is 0 Å². The van der Waals surface area contributed by atoms with Crippen molar-refractivity contribution >= 4 is 52.2 Å². The fraction of sp³-hybridized carbons (Fsp3) is 0.250. The predicted octanol–water partition coefficient (Wildman–Crippen LogP) is 6.60. The standard InChI is InChI=1S/C32H31ClN6O2/c33-27-19-34-32-36-25-10-4-6-21(16-25)11-12-24-18-26(35-30(27)38-32)13-14-28(24)37-29(40)17-22-7-5-15-39(20-22)31(41)23-8-2-1-3-9-23/h1-4,6,8-10,13-14,16,18-19,22H,5,7,11-12,15,17,20H2,(H,37,40)(H2,34,35,36,38)/t22-/m1/s1. The van der Waals surface area contributed by atoms with E-state index in [1.807, 2.05) is 65.6 Å². The third-order valence-corrected chi connectivity index (χ3v) is 7.83. The summed E-state index contributed by atoms with van der Waals surface area (Å²) in [6.07, 6.45) is 5.27. The highest BCUT2D eigenvalue weighted by molar-refractivity contribution is 6.32. The Morgan fingerprint density at radius 3 is 2.71 bits per heavy atom. The van der Waals surface area contributed by atoms with E-state index in [4.69, 9.17) is 11.6 Å². The number of amides is 2. The first kappa shape index (κ1) is 26.8. The van der Waals surface area contributed by atoms with Crippen LogP contribution in [0.25, 0.3) is 0 Å². The molecule has 0 aliphatic carbocycles. The number of aryl methyl sites for hydroxylation is 2. The maximum Gasteiger partial charge on any atom is 0.253 e. The van der Waals surface area contributed by atoms with Gasteiger partial charge in [-0.25, -0.2) is 4.98 Å². The van der Waals surface area contributed by atoms with Crippen molar-refractivity contribution in [3.63, 3.8) is 0 Å². The lowest BCUT2D eigenvalue weighted by atomic mass is 9.93. The van der Waals surface area contributed by atoms with Gasteiger partial charge in [-0.2, -0.15) is 4.98 Å². The van der Waals surface area contributed by atoms with Gasteiger partial charge in [0.2, 0.25) is 11.9 Å². The lowest BCUT2D eigenvalue weighted by molar-refractivity contribution is -0.117. The Labute approximate surface area is 244 Å². The van der Waals surface area contributed by atoms with Gasteiger partial charge in [0, 0.05) is 42.1 Å². The van der Waals surface area contributed by atoms with Gasteiger partial charge in [0.15, 0.2) is 5.82 Å². The summed E-state index contributed by atoms with van der Waals surface area (Å²) in [5.74, 6) is 1.05. The molecule has 0 spiro atoms. The summed E-state index contributed by atoms with van der Waals surface area (Å²) in [7, 11) is 0. The molecule has 1 fully saturated rings. The first-order valence-corrected chi connectivity index (χ1v) is 14.3. The van der Waals surface area contributed by atoms with E-state index in [1.54, 1.807) is 6.20 Å². The molecule has 0 unspecified atom stereocenters. The second kappa shape index (κ2) is 12.0. The molecule has 1 aromatic heterocycles. The Bertz CT molecular complexity index is 1580. The van der Waals surface area contributed by atoms with E-state index in [-0.39, 0.29) is 17.7 Å². The zero-order valence-corrected chi connectivity index (χ0v) is 23.3. The molecule has 4 aromatic rings. The number of rotatable bonds is 4. The first-order valence-electron chi connectivity index (χ1n) is 13.9. The first-order chi connectivity index (χ1) is 20.0. The predicted molar refractivity (Wildman–Crippen MR) is 162 cm³/mol. The number of benzene rings is 3. The number of nitrogens with one attached hydrogen (secondary N) is 3. The molecule has 9 heteroatoms. The Hall–Kier alpha value is -4.43. The number of carbonyl (C=O) groups excluding carboxylic acids is 2. The number of carbonyl (C=O) groups is 2. The van der Waals surface area contributed by atoms with Gasteiger partial charge in [0.25, 0.3) is 5.91 Å². The van der Waals surface area contributed by atoms with Crippen molar-refractivity contribution < 1.29 is 9.59 Å². The lowest BCUT2D eigenvalue weighted by Crippen LogP contribution is -2.40. The van der Waals surface area contributed by atoms with Crippen LogP contribution in [-0.4, -0.2) is 39.8 Å². The van der Waals surface area contributed by atoms with Crippen LogP contribution < -0.4 is 16.0 Å². The van der Waals surface area contributed by atoms with Gasteiger partial charge in [0.05, 0.1) is 6.20 Å². The molecule has 8 nitrogen and oxygen atoms in total. The van der Waals surface area contributed by atoms with E-state index in [9.17, 15) is 9.59 Å². The van der Waals surface area contributed by atoms with E-state index in [0.29, 0.717) is 35.3 Å². The minimum Gasteiger partial charge on any atom is -0.339 e. The largest absolute Gasteiger partial charge is 0.339 e. The highest BCUT2D eigenvalue weighted by atomic mass is 35.5. The molecular formula is C32H31ClN6O2. The topological polar surface area (TPSA) is 99.3 Å². The average molecular weight is 567 g/mol. The summed E-state index contributed by atoms with van der Waals surface area (Å²) in [5, 5.41) is 10.1. The van der Waals surface area contributed by atoms with Crippen molar-refractivity contribution in [1.29, 1.82) is 0 Å². The number of hydrogen-bond donors (Lipinski definition) is 3. The maximum absolute atomic E-state index is 13.3. The van der Waals surface area contributed by atoms with Crippen LogP contribution in [0.15, 0.2) is 79.0 Å². The summed E-state index contributed by atoms with van der Waals surface area (Å²) < 4.78 is 0. The molecular weight excluding hydrogens is 536 g/mol. The van der Waals surface area contributed by atoms with E-state index >= 15 is 0 Å². The number of likely N-dealkylation sites (tertiary alicyclic amines) is 1. The van der Waals surface area contributed by atoms with Crippen LogP contribution >= 0.6 is 11.6 Å². The van der Waals surface area contributed by atoms with Crippen LogP contribution in [0.1, 0.15) is 40.7 Å². The lowest BCUT2D eigenvalue weighted by Gasteiger charge is -2.32. The van der Waals surface area contributed by atoms with Crippen molar-refractivity contribution in [2.45, 2.75) is 32.1 Å². The summed E-state index contributed by atoms with van der Waals surface area (Å²) in [5.41, 5.74) is 5.35. The van der Waals surface area contributed by atoms with Gasteiger partial charge in [-0.05, 0) is 85.2 Å². The molecule has 0 radical (unpaired) electrons. The summed E-state index contributed by atoms with van der Waals surface area (Å²) >= 11 is 6.39. The molecule has 0 saturated carbocycles. The minimum absolute atomic E-state index is 0.0280. The molecule has 3 N–H and O–H groups in total.